The van der Waals surface area contributed by atoms with Crippen LogP contribution in [-0.2, 0) is 4.74 Å². The molecule has 0 unspecified atom stereocenters. The minimum atomic E-state index is -1.30. The van der Waals surface area contributed by atoms with Gasteiger partial charge in [0.05, 0.1) is 17.9 Å². The largest absolute Gasteiger partial charge is 0.394 e. The Balaban J connectivity index is 2.39. The van der Waals surface area contributed by atoms with Crippen molar-refractivity contribution in [2.24, 2.45) is 5.73 Å². The van der Waals surface area contributed by atoms with E-state index in [0.29, 0.717) is 0 Å². The zero-order valence-electron chi connectivity index (χ0n) is 9.78. The van der Waals surface area contributed by atoms with Crippen molar-refractivity contribution in [1.82, 2.24) is 10.2 Å². The van der Waals surface area contributed by atoms with Crippen LogP contribution in [0, 0.1) is 12.3 Å². The molecule has 6 N–H and O–H groups in total. The summed E-state index contributed by atoms with van der Waals surface area (Å²) >= 11 is 0. The van der Waals surface area contributed by atoms with Crippen LogP contribution >= 0.6 is 0 Å². The number of terminal acetylenes is 1. The van der Waals surface area contributed by atoms with Gasteiger partial charge in [-0.25, -0.2) is 0 Å². The topological polar surface area (TPSA) is 142 Å². The van der Waals surface area contributed by atoms with E-state index in [2.05, 4.69) is 16.1 Å². The number of ether oxygens (including phenoxy) is 1. The molecule has 8 heteroatoms. The summed E-state index contributed by atoms with van der Waals surface area (Å²) in [5.41, 5.74) is 5.20. The Morgan fingerprint density at radius 2 is 2.21 bits per heavy atom. The second-order valence-electron chi connectivity index (χ2n) is 4.13. The van der Waals surface area contributed by atoms with Gasteiger partial charge in [-0.1, -0.05) is 5.92 Å². The lowest BCUT2D eigenvalue weighted by Gasteiger charge is -2.13. The van der Waals surface area contributed by atoms with Crippen molar-refractivity contribution in [1.29, 1.82) is 0 Å². The summed E-state index contributed by atoms with van der Waals surface area (Å²) in [5.74, 6) is 1.42. The second kappa shape index (κ2) is 4.99. The van der Waals surface area contributed by atoms with Gasteiger partial charge in [0, 0.05) is 0 Å². The predicted octanol–water partition coefficient (Wildman–Crippen LogP) is -2.36. The molecule has 0 bridgehead atoms. The number of amides is 1. The number of rotatable bonds is 3. The van der Waals surface area contributed by atoms with Crippen LogP contribution in [0.15, 0.2) is 0 Å². The van der Waals surface area contributed by atoms with Crippen LogP contribution in [0.2, 0.25) is 0 Å². The van der Waals surface area contributed by atoms with Crippen LogP contribution in [0.3, 0.4) is 0 Å². The first kappa shape index (κ1) is 13.5. The number of aromatic nitrogens is 2. The van der Waals surface area contributed by atoms with Gasteiger partial charge < -0.3 is 25.8 Å². The molecule has 8 nitrogen and oxygen atoms in total. The lowest BCUT2D eigenvalue weighted by Crippen LogP contribution is -2.32. The van der Waals surface area contributed by atoms with E-state index in [9.17, 15) is 15.0 Å². The predicted molar refractivity (Wildman–Crippen MR) is 61.8 cm³/mol. The third-order valence-corrected chi connectivity index (χ3v) is 3.00. The van der Waals surface area contributed by atoms with Gasteiger partial charge in [0.15, 0.2) is 5.69 Å². The lowest BCUT2D eigenvalue weighted by molar-refractivity contribution is -0.0240. The number of carbonyl (C=O) groups excluding carboxylic acids is 1. The highest BCUT2D eigenvalue weighted by Gasteiger charge is 2.45. The number of hydrogen-bond acceptors (Lipinski definition) is 6. The normalized spacial score (nSPS) is 30.2. The first-order valence-corrected chi connectivity index (χ1v) is 5.48. The maximum absolute atomic E-state index is 11.1. The van der Waals surface area contributed by atoms with Crippen molar-refractivity contribution in [3.63, 3.8) is 0 Å². The van der Waals surface area contributed by atoms with E-state index in [1.165, 1.54) is 0 Å². The maximum atomic E-state index is 11.1. The fraction of sp³-hybridized carbons (Fsp3) is 0.455. The molecule has 0 aromatic carbocycles. The van der Waals surface area contributed by atoms with E-state index >= 15 is 0 Å². The van der Waals surface area contributed by atoms with Crippen LogP contribution < -0.4 is 5.73 Å². The average Bonchev–Trinajstić information content (AvgIpc) is 2.92. The van der Waals surface area contributed by atoms with Gasteiger partial charge in [-0.15, -0.1) is 6.42 Å². The Kier molecular flexibility index (Phi) is 3.55. The second-order valence-corrected chi connectivity index (χ2v) is 4.13. The number of hydrogen-bond donors (Lipinski definition) is 5. The number of nitrogens with two attached hydrogens (primary N) is 1. The average molecular weight is 267 g/mol. The molecule has 2 heterocycles. The molecule has 0 spiro atoms. The third kappa shape index (κ3) is 2.09. The number of H-pyrrole nitrogens is 1. The van der Waals surface area contributed by atoms with Crippen LogP contribution in [0.1, 0.15) is 27.8 Å². The van der Waals surface area contributed by atoms with Crippen LogP contribution in [0.25, 0.3) is 0 Å². The Hall–Kier alpha value is -1.92. The van der Waals surface area contributed by atoms with Crippen LogP contribution in [-0.4, -0.2) is 56.3 Å². The molecule has 19 heavy (non-hydrogen) atoms. The van der Waals surface area contributed by atoms with E-state index < -0.39 is 36.9 Å². The summed E-state index contributed by atoms with van der Waals surface area (Å²) in [6.45, 7) is -0.461. The third-order valence-electron chi connectivity index (χ3n) is 3.00. The van der Waals surface area contributed by atoms with Crippen molar-refractivity contribution in [3.05, 3.63) is 17.0 Å². The Morgan fingerprint density at radius 3 is 2.68 bits per heavy atom. The van der Waals surface area contributed by atoms with Gasteiger partial charge in [-0.05, 0) is 0 Å². The van der Waals surface area contributed by atoms with E-state index in [0.717, 1.165) is 0 Å². The van der Waals surface area contributed by atoms with E-state index in [1.54, 1.807) is 0 Å². The smallest absolute Gasteiger partial charge is 0.270 e. The van der Waals surface area contributed by atoms with Crippen molar-refractivity contribution in [2.75, 3.05) is 6.61 Å². The van der Waals surface area contributed by atoms with Gasteiger partial charge in [-0.2, -0.15) is 5.10 Å². The summed E-state index contributed by atoms with van der Waals surface area (Å²) in [4.78, 5) is 11.1. The molecule has 102 valence electrons. The first-order valence-electron chi connectivity index (χ1n) is 5.48. The number of nitrogens with zero attached hydrogens (tertiary/aromatic N) is 1. The standard InChI is InChI=1S/C11H13N3O5/c1-2-4-6(13-14-7(4)11(12)18)10-9(17)8(16)5(3-15)19-10/h1,5,8-10,15-17H,3H2,(H2,12,18)(H,13,14)/t5-,8-,9-,10+/m1/s1. The maximum Gasteiger partial charge on any atom is 0.270 e. The van der Waals surface area contributed by atoms with E-state index in [4.69, 9.17) is 22.0 Å². The number of aliphatic hydroxyl groups is 3. The molecule has 2 rings (SSSR count). The van der Waals surface area contributed by atoms with Crippen molar-refractivity contribution in [3.8, 4) is 12.3 Å². The molecule has 1 amide bonds. The van der Waals surface area contributed by atoms with E-state index in [1.807, 2.05) is 0 Å². The summed E-state index contributed by atoms with van der Waals surface area (Å²) in [7, 11) is 0. The molecule has 0 radical (unpaired) electrons. The van der Waals surface area contributed by atoms with Crippen LogP contribution in [0.5, 0.6) is 0 Å². The molecular formula is C11H13N3O5. The summed E-state index contributed by atoms with van der Waals surface area (Å²) in [6, 6.07) is 0. The van der Waals surface area contributed by atoms with Crippen LogP contribution in [0.4, 0.5) is 0 Å². The molecule has 1 fully saturated rings. The van der Waals surface area contributed by atoms with Gasteiger partial charge in [0.1, 0.15) is 24.4 Å². The monoisotopic (exact) mass is 267 g/mol. The highest BCUT2D eigenvalue weighted by molar-refractivity contribution is 5.93. The number of aliphatic hydroxyl groups excluding tert-OH is 3. The number of primary amides is 1. The summed E-state index contributed by atoms with van der Waals surface area (Å²) < 4.78 is 5.29. The molecule has 1 aromatic rings. The SMILES string of the molecule is C#Cc1c(C(N)=O)n[nH]c1[C@@H]1O[C@H](CO)[C@@H](O)[C@H]1O. The quantitative estimate of drug-likeness (QED) is 0.388. The number of nitrogens with one attached hydrogen (secondary N) is 1. The van der Waals surface area contributed by atoms with Gasteiger partial charge in [0.2, 0.25) is 0 Å². The Morgan fingerprint density at radius 1 is 1.53 bits per heavy atom. The lowest BCUT2D eigenvalue weighted by atomic mass is 10.0. The molecule has 1 aliphatic rings. The van der Waals surface area contributed by atoms with Gasteiger partial charge >= 0.3 is 0 Å². The molecule has 0 aliphatic carbocycles. The number of carbonyl (C=O) groups is 1. The number of aromatic amines is 1. The van der Waals surface area contributed by atoms with Gasteiger partial charge in [-0.3, -0.25) is 9.89 Å². The zero-order valence-corrected chi connectivity index (χ0v) is 9.78. The van der Waals surface area contributed by atoms with E-state index in [-0.39, 0.29) is 17.0 Å². The zero-order chi connectivity index (χ0) is 14.2. The minimum Gasteiger partial charge on any atom is -0.394 e. The molecule has 1 aliphatic heterocycles. The van der Waals surface area contributed by atoms with Gasteiger partial charge in [0.25, 0.3) is 5.91 Å². The molecule has 1 saturated heterocycles. The molecule has 4 atom stereocenters. The summed E-state index contributed by atoms with van der Waals surface area (Å²) in [6.07, 6.45) is 0.764. The summed E-state index contributed by atoms with van der Waals surface area (Å²) in [5, 5.41) is 34.7. The molecular weight excluding hydrogens is 254 g/mol. The van der Waals surface area contributed by atoms with Crippen molar-refractivity contribution >= 4 is 5.91 Å². The fourth-order valence-corrected chi connectivity index (χ4v) is 2.02. The highest BCUT2D eigenvalue weighted by Crippen LogP contribution is 2.34. The first-order chi connectivity index (χ1) is 9.01. The highest BCUT2D eigenvalue weighted by atomic mass is 16.6. The van der Waals surface area contributed by atoms with Crippen molar-refractivity contribution in [2.45, 2.75) is 24.4 Å². The van der Waals surface area contributed by atoms with Crippen molar-refractivity contribution < 1.29 is 24.9 Å². The molecule has 0 saturated carbocycles. The Labute approximate surface area is 108 Å². The molecule has 1 aromatic heterocycles. The Bertz CT molecular complexity index is 535. The fourth-order valence-electron chi connectivity index (χ4n) is 2.02. The minimum absolute atomic E-state index is 0.0716.